The van der Waals surface area contributed by atoms with Crippen LogP contribution in [-0.2, 0) is 0 Å². The van der Waals surface area contributed by atoms with E-state index in [0.29, 0.717) is 0 Å². The van der Waals surface area contributed by atoms with Gasteiger partial charge in [-0.2, -0.15) is 0 Å². The normalized spacial score (nSPS) is 17.6. The maximum atomic E-state index is 9.31. The SMILES string of the molecule is CCCNC(CO)CCN(CCC)CC1CC1. The Labute approximate surface area is 107 Å². The molecule has 0 aliphatic heterocycles. The fourth-order valence-corrected chi connectivity index (χ4v) is 2.22. The second-order valence-electron chi connectivity index (χ2n) is 5.37. The average Bonchev–Trinajstić information content (AvgIpc) is 3.13. The molecule has 0 aromatic rings. The predicted octanol–water partition coefficient (Wildman–Crippen LogP) is 1.86. The molecule has 1 atom stereocenters. The summed E-state index contributed by atoms with van der Waals surface area (Å²) in [4.78, 5) is 2.58. The Bertz CT molecular complexity index is 183. The quantitative estimate of drug-likeness (QED) is 0.580. The summed E-state index contributed by atoms with van der Waals surface area (Å²) < 4.78 is 0. The molecule has 0 radical (unpaired) electrons. The van der Waals surface area contributed by atoms with E-state index in [2.05, 4.69) is 24.1 Å². The third-order valence-corrected chi connectivity index (χ3v) is 3.45. The Balaban J connectivity index is 2.17. The Morgan fingerprint density at radius 3 is 2.53 bits per heavy atom. The highest BCUT2D eigenvalue weighted by molar-refractivity contribution is 4.78. The van der Waals surface area contributed by atoms with Crippen molar-refractivity contribution in [1.82, 2.24) is 10.2 Å². The number of rotatable bonds is 11. The molecule has 0 spiro atoms. The lowest BCUT2D eigenvalue weighted by Gasteiger charge is -2.24. The molecule has 0 aromatic heterocycles. The Kier molecular flexibility index (Phi) is 7.82. The molecule has 3 nitrogen and oxygen atoms in total. The summed E-state index contributed by atoms with van der Waals surface area (Å²) in [5, 5.41) is 12.7. The lowest BCUT2D eigenvalue weighted by atomic mass is 10.2. The molecule has 1 rings (SSSR count). The van der Waals surface area contributed by atoms with E-state index in [0.717, 1.165) is 31.8 Å². The summed E-state index contributed by atoms with van der Waals surface area (Å²) >= 11 is 0. The predicted molar refractivity (Wildman–Crippen MR) is 73.2 cm³/mol. The monoisotopic (exact) mass is 242 g/mol. The minimum absolute atomic E-state index is 0.267. The fourth-order valence-electron chi connectivity index (χ4n) is 2.22. The third-order valence-electron chi connectivity index (χ3n) is 3.45. The minimum Gasteiger partial charge on any atom is -0.395 e. The molecule has 1 saturated carbocycles. The minimum atomic E-state index is 0.267. The molecule has 0 heterocycles. The van der Waals surface area contributed by atoms with Gasteiger partial charge in [-0.25, -0.2) is 0 Å². The zero-order valence-electron chi connectivity index (χ0n) is 11.6. The number of aliphatic hydroxyl groups excluding tert-OH is 1. The van der Waals surface area contributed by atoms with E-state index in [4.69, 9.17) is 0 Å². The van der Waals surface area contributed by atoms with Crippen LogP contribution in [0.5, 0.6) is 0 Å². The number of nitrogens with one attached hydrogen (secondary N) is 1. The van der Waals surface area contributed by atoms with Gasteiger partial charge in [0.25, 0.3) is 0 Å². The van der Waals surface area contributed by atoms with Crippen molar-refractivity contribution in [3.63, 3.8) is 0 Å². The summed E-state index contributed by atoms with van der Waals surface area (Å²) in [6, 6.07) is 0.286. The molecule has 0 amide bonds. The molecule has 3 heteroatoms. The van der Waals surface area contributed by atoms with Gasteiger partial charge in [0.2, 0.25) is 0 Å². The van der Waals surface area contributed by atoms with Gasteiger partial charge in [0.15, 0.2) is 0 Å². The first kappa shape index (κ1) is 14.9. The molecule has 0 saturated heterocycles. The Morgan fingerprint density at radius 1 is 1.24 bits per heavy atom. The summed E-state index contributed by atoms with van der Waals surface area (Å²) in [7, 11) is 0. The zero-order valence-corrected chi connectivity index (χ0v) is 11.6. The van der Waals surface area contributed by atoms with Crippen molar-refractivity contribution in [2.75, 3.05) is 32.8 Å². The molecule has 2 N–H and O–H groups in total. The van der Waals surface area contributed by atoms with E-state index >= 15 is 0 Å². The first-order valence-corrected chi connectivity index (χ1v) is 7.36. The second kappa shape index (κ2) is 8.90. The number of hydrogen-bond donors (Lipinski definition) is 2. The van der Waals surface area contributed by atoms with Gasteiger partial charge < -0.3 is 15.3 Å². The summed E-state index contributed by atoms with van der Waals surface area (Å²) in [6.07, 6.45) is 6.30. The lowest BCUT2D eigenvalue weighted by Crippen LogP contribution is -2.38. The van der Waals surface area contributed by atoms with Crippen molar-refractivity contribution in [2.45, 2.75) is 52.0 Å². The van der Waals surface area contributed by atoms with Crippen LogP contribution < -0.4 is 5.32 Å². The highest BCUT2D eigenvalue weighted by atomic mass is 16.3. The fraction of sp³-hybridized carbons (Fsp3) is 1.00. The second-order valence-corrected chi connectivity index (χ2v) is 5.37. The first-order valence-electron chi connectivity index (χ1n) is 7.36. The van der Waals surface area contributed by atoms with Crippen molar-refractivity contribution >= 4 is 0 Å². The van der Waals surface area contributed by atoms with Crippen LogP contribution in [0.25, 0.3) is 0 Å². The number of aliphatic hydroxyl groups is 1. The molecule has 1 unspecified atom stereocenters. The maximum absolute atomic E-state index is 9.31. The molecule has 0 bridgehead atoms. The Hall–Kier alpha value is -0.120. The maximum Gasteiger partial charge on any atom is 0.0585 e. The van der Waals surface area contributed by atoms with Gasteiger partial charge in [-0.05, 0) is 57.7 Å². The first-order chi connectivity index (χ1) is 8.30. The van der Waals surface area contributed by atoms with Crippen LogP contribution in [0.2, 0.25) is 0 Å². The molecule has 1 aliphatic rings. The van der Waals surface area contributed by atoms with Gasteiger partial charge in [-0.1, -0.05) is 13.8 Å². The van der Waals surface area contributed by atoms with Gasteiger partial charge in [0, 0.05) is 12.6 Å². The molecule has 102 valence electrons. The van der Waals surface area contributed by atoms with Crippen molar-refractivity contribution in [3.05, 3.63) is 0 Å². The van der Waals surface area contributed by atoms with Crippen LogP contribution in [0.1, 0.15) is 46.0 Å². The molecule has 0 aromatic carbocycles. The van der Waals surface area contributed by atoms with Gasteiger partial charge in [0.1, 0.15) is 0 Å². The van der Waals surface area contributed by atoms with Crippen molar-refractivity contribution in [1.29, 1.82) is 0 Å². The van der Waals surface area contributed by atoms with Crippen molar-refractivity contribution in [3.8, 4) is 0 Å². The third kappa shape index (κ3) is 7.02. The summed E-state index contributed by atoms with van der Waals surface area (Å²) in [5.74, 6) is 0.970. The van der Waals surface area contributed by atoms with Crippen LogP contribution in [0, 0.1) is 5.92 Å². The smallest absolute Gasteiger partial charge is 0.0585 e. The highest BCUT2D eigenvalue weighted by Crippen LogP contribution is 2.29. The van der Waals surface area contributed by atoms with E-state index in [1.165, 1.54) is 32.4 Å². The van der Waals surface area contributed by atoms with E-state index in [-0.39, 0.29) is 12.6 Å². The van der Waals surface area contributed by atoms with Crippen LogP contribution in [0.3, 0.4) is 0 Å². The van der Waals surface area contributed by atoms with Crippen LogP contribution >= 0.6 is 0 Å². The van der Waals surface area contributed by atoms with Crippen LogP contribution in [0.15, 0.2) is 0 Å². The van der Waals surface area contributed by atoms with Gasteiger partial charge >= 0.3 is 0 Å². The van der Waals surface area contributed by atoms with Gasteiger partial charge in [-0.3, -0.25) is 0 Å². The molecular weight excluding hydrogens is 212 g/mol. The topological polar surface area (TPSA) is 35.5 Å². The van der Waals surface area contributed by atoms with Crippen molar-refractivity contribution in [2.24, 2.45) is 5.92 Å². The zero-order chi connectivity index (χ0) is 12.5. The average molecular weight is 242 g/mol. The van der Waals surface area contributed by atoms with Gasteiger partial charge in [0.05, 0.1) is 6.61 Å². The van der Waals surface area contributed by atoms with Crippen molar-refractivity contribution < 1.29 is 5.11 Å². The lowest BCUT2D eigenvalue weighted by molar-refractivity contribution is 0.202. The molecule has 17 heavy (non-hydrogen) atoms. The molecule has 1 fully saturated rings. The summed E-state index contributed by atoms with van der Waals surface area (Å²) in [5.41, 5.74) is 0. The number of nitrogens with zero attached hydrogens (tertiary/aromatic N) is 1. The van der Waals surface area contributed by atoms with Crippen LogP contribution in [-0.4, -0.2) is 48.8 Å². The largest absolute Gasteiger partial charge is 0.395 e. The Morgan fingerprint density at radius 2 is 2.00 bits per heavy atom. The summed E-state index contributed by atoms with van der Waals surface area (Å²) in [6.45, 7) is 9.32. The van der Waals surface area contributed by atoms with Gasteiger partial charge in [-0.15, -0.1) is 0 Å². The van der Waals surface area contributed by atoms with Crippen LogP contribution in [0.4, 0.5) is 0 Å². The number of hydrogen-bond acceptors (Lipinski definition) is 3. The molecular formula is C14H30N2O. The van der Waals surface area contributed by atoms with E-state index in [9.17, 15) is 5.11 Å². The highest BCUT2D eigenvalue weighted by Gasteiger charge is 2.24. The standard InChI is InChI=1S/C14H30N2O/c1-3-8-15-14(12-17)7-10-16(9-4-2)11-13-5-6-13/h13-15,17H,3-12H2,1-2H3. The van der Waals surface area contributed by atoms with E-state index in [1.807, 2.05) is 0 Å². The molecule has 1 aliphatic carbocycles. The van der Waals surface area contributed by atoms with E-state index < -0.39 is 0 Å². The van der Waals surface area contributed by atoms with E-state index in [1.54, 1.807) is 0 Å².